The zero-order valence-corrected chi connectivity index (χ0v) is 15.8. The monoisotopic (exact) mass is 386 g/mol. The van der Waals surface area contributed by atoms with Gasteiger partial charge in [0.15, 0.2) is 0 Å². The molecular weight excluding hydrogens is 368 g/mol. The maximum absolute atomic E-state index is 12.7. The maximum atomic E-state index is 12.7. The number of aromatic nitrogens is 2. The number of sulfonamides is 1. The quantitative estimate of drug-likeness (QED) is 0.872. The third-order valence-electron chi connectivity index (χ3n) is 3.93. The summed E-state index contributed by atoms with van der Waals surface area (Å²) in [5.74, 6) is 0.181. The number of hydrogen-bond acceptors (Lipinski definition) is 7. The van der Waals surface area contributed by atoms with Crippen molar-refractivity contribution in [2.24, 2.45) is 5.92 Å². The number of nitrogens with zero attached hydrogens (tertiary/aromatic N) is 3. The molecule has 7 nitrogen and oxygen atoms in total. The Morgan fingerprint density at radius 2 is 2.04 bits per heavy atom. The number of piperidine rings is 1. The summed E-state index contributed by atoms with van der Waals surface area (Å²) in [6.45, 7) is 4.99. The van der Waals surface area contributed by atoms with E-state index in [4.69, 9.17) is 0 Å². The standard InChI is InChI=1S/C14H18N4O3S3/c1-9-3-5-18(6-4-9)24(20,21)11-7-12(22-8-11)13(19)15-14-17-16-10(2)23-14/h7-9H,3-6H2,1-2H3,(H,15,17,19). The van der Waals surface area contributed by atoms with Gasteiger partial charge in [0.25, 0.3) is 5.91 Å². The van der Waals surface area contributed by atoms with E-state index in [1.807, 2.05) is 0 Å². The number of aryl methyl sites for hydroxylation is 1. The molecule has 0 atom stereocenters. The average Bonchev–Trinajstić information content (AvgIpc) is 3.17. The first-order chi connectivity index (χ1) is 11.4. The van der Waals surface area contributed by atoms with Crippen LogP contribution in [0.3, 0.4) is 0 Å². The molecular formula is C14H18N4O3S3. The number of anilines is 1. The van der Waals surface area contributed by atoms with E-state index in [-0.39, 0.29) is 10.8 Å². The molecule has 10 heteroatoms. The van der Waals surface area contributed by atoms with Gasteiger partial charge in [0.1, 0.15) is 5.01 Å². The van der Waals surface area contributed by atoms with Crippen molar-refractivity contribution < 1.29 is 13.2 Å². The summed E-state index contributed by atoms with van der Waals surface area (Å²) >= 11 is 2.38. The van der Waals surface area contributed by atoms with E-state index in [2.05, 4.69) is 22.4 Å². The third kappa shape index (κ3) is 3.66. The van der Waals surface area contributed by atoms with Gasteiger partial charge in [-0.15, -0.1) is 21.5 Å². The molecule has 3 heterocycles. The normalized spacial score (nSPS) is 17.1. The molecule has 2 aromatic heterocycles. The lowest BCUT2D eigenvalue weighted by Crippen LogP contribution is -2.37. The molecule has 0 saturated carbocycles. The molecule has 1 saturated heterocycles. The first-order valence-electron chi connectivity index (χ1n) is 7.56. The summed E-state index contributed by atoms with van der Waals surface area (Å²) < 4.78 is 26.8. The molecule has 0 spiro atoms. The fraction of sp³-hybridized carbons (Fsp3) is 0.500. The highest BCUT2D eigenvalue weighted by molar-refractivity contribution is 7.89. The second-order valence-electron chi connectivity index (χ2n) is 5.81. The predicted molar refractivity (Wildman–Crippen MR) is 94.1 cm³/mol. The second kappa shape index (κ2) is 6.87. The van der Waals surface area contributed by atoms with Gasteiger partial charge in [-0.05, 0) is 31.7 Å². The summed E-state index contributed by atoms with van der Waals surface area (Å²) in [4.78, 5) is 12.7. The summed E-state index contributed by atoms with van der Waals surface area (Å²) in [7, 11) is -3.53. The molecule has 24 heavy (non-hydrogen) atoms. The van der Waals surface area contributed by atoms with E-state index in [9.17, 15) is 13.2 Å². The zero-order valence-electron chi connectivity index (χ0n) is 13.4. The highest BCUT2D eigenvalue weighted by Gasteiger charge is 2.29. The van der Waals surface area contributed by atoms with Gasteiger partial charge in [-0.1, -0.05) is 18.3 Å². The van der Waals surface area contributed by atoms with Crippen LogP contribution in [0, 0.1) is 12.8 Å². The van der Waals surface area contributed by atoms with Gasteiger partial charge < -0.3 is 0 Å². The van der Waals surface area contributed by atoms with Crippen LogP contribution in [0.25, 0.3) is 0 Å². The Labute approximate surface area is 148 Å². The van der Waals surface area contributed by atoms with Gasteiger partial charge >= 0.3 is 0 Å². The van der Waals surface area contributed by atoms with E-state index in [1.54, 1.807) is 6.92 Å². The molecule has 0 aliphatic carbocycles. The average molecular weight is 387 g/mol. The molecule has 0 unspecified atom stereocenters. The van der Waals surface area contributed by atoms with Crippen molar-refractivity contribution in [3.63, 3.8) is 0 Å². The molecule has 0 aromatic carbocycles. The Bertz CT molecular complexity index is 835. The topological polar surface area (TPSA) is 92.3 Å². The Morgan fingerprint density at radius 3 is 2.67 bits per heavy atom. The largest absolute Gasteiger partial charge is 0.296 e. The Hall–Kier alpha value is -1.36. The van der Waals surface area contributed by atoms with Crippen LogP contribution in [0.15, 0.2) is 16.3 Å². The number of hydrogen-bond donors (Lipinski definition) is 1. The van der Waals surface area contributed by atoms with Crippen molar-refractivity contribution in [3.8, 4) is 0 Å². The highest BCUT2D eigenvalue weighted by Crippen LogP contribution is 2.27. The van der Waals surface area contributed by atoms with Crippen LogP contribution in [0.1, 0.15) is 34.4 Å². The van der Waals surface area contributed by atoms with Crippen LogP contribution in [0.4, 0.5) is 5.13 Å². The van der Waals surface area contributed by atoms with E-state index in [0.717, 1.165) is 29.2 Å². The van der Waals surface area contributed by atoms with Crippen LogP contribution in [0.5, 0.6) is 0 Å². The molecule has 2 aromatic rings. The Balaban J connectivity index is 1.73. The minimum atomic E-state index is -3.53. The minimum absolute atomic E-state index is 0.181. The van der Waals surface area contributed by atoms with Crippen LogP contribution < -0.4 is 5.32 Å². The lowest BCUT2D eigenvalue weighted by Gasteiger charge is -2.29. The summed E-state index contributed by atoms with van der Waals surface area (Å²) in [6.07, 6.45) is 1.74. The molecule has 1 amide bonds. The van der Waals surface area contributed by atoms with Crippen LogP contribution in [-0.4, -0.2) is 41.9 Å². The minimum Gasteiger partial charge on any atom is -0.296 e. The van der Waals surface area contributed by atoms with Gasteiger partial charge in [-0.2, -0.15) is 4.31 Å². The van der Waals surface area contributed by atoms with Crippen LogP contribution >= 0.6 is 22.7 Å². The van der Waals surface area contributed by atoms with Crippen molar-refractivity contribution in [2.75, 3.05) is 18.4 Å². The molecule has 0 radical (unpaired) electrons. The Morgan fingerprint density at radius 1 is 1.33 bits per heavy atom. The molecule has 130 valence electrons. The van der Waals surface area contributed by atoms with Gasteiger partial charge in [-0.25, -0.2) is 8.42 Å². The van der Waals surface area contributed by atoms with E-state index < -0.39 is 10.0 Å². The smallest absolute Gasteiger partial charge is 0.267 e. The van der Waals surface area contributed by atoms with Crippen LogP contribution in [0.2, 0.25) is 0 Å². The lowest BCUT2D eigenvalue weighted by atomic mass is 10.0. The maximum Gasteiger partial charge on any atom is 0.267 e. The fourth-order valence-electron chi connectivity index (χ4n) is 2.45. The SMILES string of the molecule is Cc1nnc(NC(=O)c2cc(S(=O)(=O)N3CCC(C)CC3)cs2)s1. The molecule has 0 bridgehead atoms. The third-order valence-corrected chi connectivity index (χ3v) is 7.63. The summed E-state index contributed by atoms with van der Waals surface area (Å²) in [6, 6.07) is 1.43. The number of amides is 1. The number of rotatable bonds is 4. The lowest BCUT2D eigenvalue weighted by molar-refractivity contribution is 0.103. The second-order valence-corrected chi connectivity index (χ2v) is 9.84. The van der Waals surface area contributed by atoms with Crippen molar-refractivity contribution in [1.29, 1.82) is 0 Å². The van der Waals surface area contributed by atoms with Crippen LogP contribution in [-0.2, 0) is 10.0 Å². The first-order valence-corrected chi connectivity index (χ1v) is 10.7. The number of nitrogens with one attached hydrogen (secondary N) is 1. The Kier molecular flexibility index (Phi) is 5.00. The number of thiophene rings is 1. The highest BCUT2D eigenvalue weighted by atomic mass is 32.2. The molecule has 1 aliphatic heterocycles. The molecule has 1 N–H and O–H groups in total. The van der Waals surface area contributed by atoms with Gasteiger partial charge in [-0.3, -0.25) is 10.1 Å². The molecule has 1 fully saturated rings. The van der Waals surface area contributed by atoms with Gasteiger partial charge in [0.2, 0.25) is 15.2 Å². The first kappa shape index (κ1) is 17.5. The predicted octanol–water partition coefficient (Wildman–Crippen LogP) is 2.58. The summed E-state index contributed by atoms with van der Waals surface area (Å²) in [5.41, 5.74) is 0. The zero-order chi connectivity index (χ0) is 17.3. The van der Waals surface area contributed by atoms with Crippen molar-refractivity contribution >= 4 is 43.7 Å². The number of carbonyl (C=O) groups excluding carboxylic acids is 1. The summed E-state index contributed by atoms with van der Waals surface area (Å²) in [5, 5.41) is 13.0. The molecule has 3 rings (SSSR count). The van der Waals surface area contributed by atoms with Gasteiger partial charge in [0.05, 0.1) is 9.77 Å². The van der Waals surface area contributed by atoms with E-state index in [0.29, 0.717) is 29.0 Å². The molecule has 1 aliphatic rings. The number of carbonyl (C=O) groups is 1. The van der Waals surface area contributed by atoms with Crippen molar-refractivity contribution in [3.05, 3.63) is 21.3 Å². The van der Waals surface area contributed by atoms with Gasteiger partial charge in [0, 0.05) is 18.5 Å². The fourth-order valence-corrected chi connectivity index (χ4v) is 5.67. The van der Waals surface area contributed by atoms with E-state index >= 15 is 0 Å². The van der Waals surface area contributed by atoms with Crippen molar-refractivity contribution in [2.45, 2.75) is 31.6 Å². The van der Waals surface area contributed by atoms with Crippen molar-refractivity contribution in [1.82, 2.24) is 14.5 Å². The van der Waals surface area contributed by atoms with E-state index in [1.165, 1.54) is 27.1 Å².